The van der Waals surface area contributed by atoms with Crippen molar-refractivity contribution in [3.8, 4) is 5.75 Å². The summed E-state index contributed by atoms with van der Waals surface area (Å²) >= 11 is 0. The lowest BCUT2D eigenvalue weighted by Gasteiger charge is -2.36. The first kappa shape index (κ1) is 26.8. The zero-order valence-corrected chi connectivity index (χ0v) is 21.0. The Morgan fingerprint density at radius 2 is 1.34 bits per heavy atom. The van der Waals surface area contributed by atoms with E-state index < -0.39 is 0 Å². The Morgan fingerprint density at radius 3 is 1.97 bits per heavy atom. The minimum absolute atomic E-state index is 0.814. The van der Waals surface area contributed by atoms with Crippen molar-refractivity contribution < 1.29 is 4.74 Å². The summed E-state index contributed by atoms with van der Waals surface area (Å²) in [6.45, 7) is 12.8. The number of allylic oxidation sites excluding steroid dienone is 1. The molecule has 3 heteroatoms. The highest BCUT2D eigenvalue weighted by atomic mass is 16.5. The Labute approximate surface area is 199 Å². The van der Waals surface area contributed by atoms with Crippen LogP contribution in [0.15, 0.2) is 36.9 Å². The quantitative estimate of drug-likeness (QED) is 0.160. The molecule has 1 aliphatic heterocycles. The number of anilines is 1. The molecule has 3 nitrogen and oxygen atoms in total. The second-order valence-corrected chi connectivity index (χ2v) is 9.49. The lowest BCUT2D eigenvalue weighted by Crippen LogP contribution is -2.46. The van der Waals surface area contributed by atoms with Crippen LogP contribution in [0.5, 0.6) is 5.75 Å². The number of ether oxygens (including phenoxy) is 1. The van der Waals surface area contributed by atoms with Crippen LogP contribution in [0.4, 0.5) is 5.69 Å². The summed E-state index contributed by atoms with van der Waals surface area (Å²) < 4.78 is 5.89. The first-order valence-electron chi connectivity index (χ1n) is 13.6. The van der Waals surface area contributed by atoms with Crippen molar-refractivity contribution in [3.05, 3.63) is 36.9 Å². The van der Waals surface area contributed by atoms with Crippen LogP contribution < -0.4 is 9.64 Å². The molecular formula is C29H50N2O. The van der Waals surface area contributed by atoms with E-state index in [1.807, 2.05) is 6.08 Å². The molecule has 32 heavy (non-hydrogen) atoms. The lowest BCUT2D eigenvalue weighted by molar-refractivity contribution is 0.252. The molecule has 1 heterocycles. The van der Waals surface area contributed by atoms with Crippen molar-refractivity contribution in [2.45, 2.75) is 96.8 Å². The van der Waals surface area contributed by atoms with E-state index in [2.05, 4.69) is 47.6 Å². The molecule has 0 aromatic heterocycles. The predicted octanol–water partition coefficient (Wildman–Crippen LogP) is 7.85. The standard InChI is InChI=1S/C29H50N2O/c1-3-5-7-9-10-11-12-13-14-16-22-30-23-25-31(26-24-30)28-18-20-29(21-19-28)32-27-17-15-8-6-4-2/h4,18-21H,2-3,5-17,22-27H2,1H3. The molecule has 0 N–H and O–H groups in total. The number of hydrogen-bond acceptors (Lipinski definition) is 3. The number of benzene rings is 1. The van der Waals surface area contributed by atoms with Gasteiger partial charge in [-0.05, 0) is 62.9 Å². The SMILES string of the molecule is C=CCCCCCOc1ccc(N2CCN(CCCCCCCCCCCC)CC2)cc1. The van der Waals surface area contributed by atoms with E-state index in [9.17, 15) is 0 Å². The number of piperazine rings is 1. The first-order chi connectivity index (χ1) is 15.8. The van der Waals surface area contributed by atoms with Gasteiger partial charge in [-0.3, -0.25) is 4.90 Å². The van der Waals surface area contributed by atoms with E-state index in [1.54, 1.807) is 0 Å². The highest BCUT2D eigenvalue weighted by Crippen LogP contribution is 2.21. The molecule has 0 radical (unpaired) electrons. The van der Waals surface area contributed by atoms with Gasteiger partial charge in [-0.2, -0.15) is 0 Å². The van der Waals surface area contributed by atoms with Crippen molar-refractivity contribution in [1.82, 2.24) is 4.90 Å². The van der Waals surface area contributed by atoms with Gasteiger partial charge in [0.15, 0.2) is 0 Å². The van der Waals surface area contributed by atoms with E-state index in [1.165, 1.54) is 102 Å². The first-order valence-corrected chi connectivity index (χ1v) is 13.6. The summed E-state index contributed by atoms with van der Waals surface area (Å²) in [5, 5.41) is 0. The second-order valence-electron chi connectivity index (χ2n) is 9.49. The van der Waals surface area contributed by atoms with Crippen molar-refractivity contribution in [3.63, 3.8) is 0 Å². The summed E-state index contributed by atoms with van der Waals surface area (Å²) in [4.78, 5) is 5.18. The lowest BCUT2D eigenvalue weighted by atomic mass is 10.1. The van der Waals surface area contributed by atoms with Gasteiger partial charge in [0.25, 0.3) is 0 Å². The van der Waals surface area contributed by atoms with Gasteiger partial charge in [0.05, 0.1) is 6.61 Å². The minimum atomic E-state index is 0.814. The molecule has 0 atom stereocenters. The Balaban J connectivity index is 1.49. The molecule has 0 amide bonds. The molecule has 0 aliphatic carbocycles. The summed E-state index contributed by atoms with van der Waals surface area (Å²) in [5.41, 5.74) is 1.34. The van der Waals surface area contributed by atoms with Crippen LogP contribution in [0.25, 0.3) is 0 Å². The Kier molecular flexibility index (Phi) is 15.1. The average molecular weight is 443 g/mol. The molecule has 1 aromatic carbocycles. The average Bonchev–Trinajstić information content (AvgIpc) is 2.83. The molecule has 1 fully saturated rings. The van der Waals surface area contributed by atoms with Crippen LogP contribution in [0.1, 0.15) is 96.8 Å². The summed E-state index contributed by atoms with van der Waals surface area (Å²) in [5.74, 6) is 0.997. The van der Waals surface area contributed by atoms with Gasteiger partial charge in [-0.1, -0.05) is 70.8 Å². The summed E-state index contributed by atoms with van der Waals surface area (Å²) in [6.07, 6.45) is 20.9. The smallest absolute Gasteiger partial charge is 0.119 e. The van der Waals surface area contributed by atoms with Gasteiger partial charge in [-0.25, -0.2) is 0 Å². The van der Waals surface area contributed by atoms with Crippen LogP contribution in [-0.4, -0.2) is 44.2 Å². The van der Waals surface area contributed by atoms with Crippen molar-refractivity contribution in [2.75, 3.05) is 44.2 Å². The van der Waals surface area contributed by atoms with E-state index in [0.717, 1.165) is 38.3 Å². The van der Waals surface area contributed by atoms with E-state index in [0.29, 0.717) is 0 Å². The van der Waals surface area contributed by atoms with Crippen LogP contribution in [0.3, 0.4) is 0 Å². The molecule has 1 saturated heterocycles. The molecule has 0 unspecified atom stereocenters. The molecule has 1 aliphatic rings. The van der Waals surface area contributed by atoms with Crippen LogP contribution in [-0.2, 0) is 0 Å². The second kappa shape index (κ2) is 18.0. The fourth-order valence-corrected chi connectivity index (χ4v) is 4.56. The third kappa shape index (κ3) is 11.9. The molecule has 1 aromatic rings. The van der Waals surface area contributed by atoms with Crippen LogP contribution in [0, 0.1) is 0 Å². The predicted molar refractivity (Wildman–Crippen MR) is 141 cm³/mol. The zero-order chi connectivity index (χ0) is 22.7. The number of rotatable bonds is 19. The zero-order valence-electron chi connectivity index (χ0n) is 21.0. The van der Waals surface area contributed by atoms with Gasteiger partial charge in [0.1, 0.15) is 5.75 Å². The Bertz CT molecular complexity index is 563. The van der Waals surface area contributed by atoms with E-state index in [4.69, 9.17) is 4.74 Å². The number of hydrogen-bond donors (Lipinski definition) is 0. The van der Waals surface area contributed by atoms with Crippen molar-refractivity contribution >= 4 is 5.69 Å². The molecule has 0 saturated carbocycles. The van der Waals surface area contributed by atoms with Gasteiger partial charge in [0.2, 0.25) is 0 Å². The summed E-state index contributed by atoms with van der Waals surface area (Å²) in [7, 11) is 0. The summed E-state index contributed by atoms with van der Waals surface area (Å²) in [6, 6.07) is 8.72. The fourth-order valence-electron chi connectivity index (χ4n) is 4.56. The minimum Gasteiger partial charge on any atom is -0.494 e. The van der Waals surface area contributed by atoms with Crippen LogP contribution in [0.2, 0.25) is 0 Å². The Hall–Kier alpha value is -1.48. The van der Waals surface area contributed by atoms with Gasteiger partial charge < -0.3 is 9.64 Å². The maximum atomic E-state index is 5.89. The molecular weight excluding hydrogens is 392 g/mol. The maximum Gasteiger partial charge on any atom is 0.119 e. The van der Waals surface area contributed by atoms with Gasteiger partial charge in [0, 0.05) is 31.9 Å². The van der Waals surface area contributed by atoms with Gasteiger partial charge in [-0.15, -0.1) is 6.58 Å². The molecule has 0 spiro atoms. The van der Waals surface area contributed by atoms with Crippen LogP contribution >= 0.6 is 0 Å². The third-order valence-corrected chi connectivity index (χ3v) is 6.72. The van der Waals surface area contributed by atoms with Crippen molar-refractivity contribution in [2.24, 2.45) is 0 Å². The molecule has 2 rings (SSSR count). The number of nitrogens with zero attached hydrogens (tertiary/aromatic N) is 2. The van der Waals surface area contributed by atoms with E-state index >= 15 is 0 Å². The largest absolute Gasteiger partial charge is 0.494 e. The van der Waals surface area contributed by atoms with E-state index in [-0.39, 0.29) is 0 Å². The fraction of sp³-hybridized carbons (Fsp3) is 0.724. The monoisotopic (exact) mass is 442 g/mol. The normalized spacial score (nSPS) is 14.6. The topological polar surface area (TPSA) is 15.7 Å². The molecule has 182 valence electrons. The highest BCUT2D eigenvalue weighted by Gasteiger charge is 2.16. The molecule has 0 bridgehead atoms. The Morgan fingerprint density at radius 1 is 0.750 bits per heavy atom. The van der Waals surface area contributed by atoms with Gasteiger partial charge >= 0.3 is 0 Å². The maximum absolute atomic E-state index is 5.89. The van der Waals surface area contributed by atoms with Crippen molar-refractivity contribution in [1.29, 1.82) is 0 Å². The third-order valence-electron chi connectivity index (χ3n) is 6.72. The number of unbranched alkanes of at least 4 members (excludes halogenated alkanes) is 12. The highest BCUT2D eigenvalue weighted by molar-refractivity contribution is 5.49.